The minimum Gasteiger partial charge on any atom is -0.497 e. The number of aliphatic carboxylic acids is 1. The smallest absolute Gasteiger partial charge is 0.356 e. The molecule has 2 aromatic carbocycles. The van der Waals surface area contributed by atoms with Gasteiger partial charge in [0.15, 0.2) is 5.71 Å². The molecule has 7 nitrogen and oxygen atoms in total. The maximum Gasteiger partial charge on any atom is 0.356 e. The van der Waals surface area contributed by atoms with E-state index in [1.807, 2.05) is 24.3 Å². The summed E-state index contributed by atoms with van der Waals surface area (Å²) in [5.74, 6) is -0.124. The average molecular weight is 310 g/mol. The number of fused-ring (bicyclic) bond motifs is 1. The van der Waals surface area contributed by atoms with Crippen molar-refractivity contribution in [1.29, 1.82) is 0 Å². The zero-order valence-corrected chi connectivity index (χ0v) is 12.3. The van der Waals surface area contributed by atoms with Crippen molar-refractivity contribution in [2.75, 3.05) is 12.5 Å². The number of aromatic nitrogens is 2. The lowest BCUT2D eigenvalue weighted by Gasteiger charge is -2.04. The number of hydrogen-bond donors (Lipinski definition) is 3. The first-order chi connectivity index (χ1) is 11.2. The van der Waals surface area contributed by atoms with E-state index in [9.17, 15) is 9.90 Å². The van der Waals surface area contributed by atoms with E-state index in [2.05, 4.69) is 20.5 Å². The highest BCUT2D eigenvalue weighted by Gasteiger charge is 2.13. The minimum absolute atomic E-state index is 0.117. The number of methoxy groups -OCH3 is 1. The fourth-order valence-corrected chi connectivity index (χ4v) is 2.10. The number of nitrogens with zero attached hydrogens (tertiary/aromatic N) is 2. The van der Waals surface area contributed by atoms with Gasteiger partial charge in [-0.25, -0.2) is 15.2 Å². The third kappa shape index (κ3) is 3.13. The number of carboxylic acid groups (broad SMARTS) is 1. The normalized spacial score (nSPS) is 11.4. The highest BCUT2D eigenvalue weighted by molar-refractivity contribution is 6.42. The minimum atomic E-state index is -1.14. The second-order valence-electron chi connectivity index (χ2n) is 4.71. The second kappa shape index (κ2) is 6.18. The Kier molecular flexibility index (Phi) is 3.92. The molecule has 0 amide bonds. The molecule has 23 heavy (non-hydrogen) atoms. The van der Waals surface area contributed by atoms with Gasteiger partial charge in [-0.05, 0) is 36.4 Å². The van der Waals surface area contributed by atoms with Gasteiger partial charge in [-0.2, -0.15) is 5.10 Å². The van der Waals surface area contributed by atoms with E-state index in [0.29, 0.717) is 17.3 Å². The van der Waals surface area contributed by atoms with Gasteiger partial charge >= 0.3 is 5.97 Å². The third-order valence-corrected chi connectivity index (χ3v) is 3.23. The number of anilines is 1. The maximum atomic E-state index is 11.4. The summed E-state index contributed by atoms with van der Waals surface area (Å²) in [6.45, 7) is 0. The van der Waals surface area contributed by atoms with Gasteiger partial charge in [0.1, 0.15) is 5.75 Å². The van der Waals surface area contributed by atoms with E-state index in [4.69, 9.17) is 4.74 Å². The number of nitrogens with one attached hydrogen (secondary N) is 2. The molecule has 0 radical (unpaired) electrons. The molecule has 0 saturated heterocycles. The first kappa shape index (κ1) is 14.6. The Morgan fingerprint density at radius 3 is 2.61 bits per heavy atom. The number of ether oxygens (including phenoxy) is 1. The van der Waals surface area contributed by atoms with Crippen molar-refractivity contribution in [3.05, 3.63) is 54.1 Å². The molecule has 116 valence electrons. The van der Waals surface area contributed by atoms with Crippen LogP contribution in [0.15, 0.2) is 53.6 Å². The number of imidazole rings is 1. The SMILES string of the molecule is COc1ccc(/C(=N\Nc2nc3ccccc3[nH]2)C(=O)O)cc1. The largest absolute Gasteiger partial charge is 0.497 e. The van der Waals surface area contributed by atoms with Crippen molar-refractivity contribution in [3.8, 4) is 5.75 Å². The molecule has 1 heterocycles. The van der Waals surface area contributed by atoms with Crippen LogP contribution in [-0.2, 0) is 4.79 Å². The second-order valence-corrected chi connectivity index (χ2v) is 4.71. The van der Waals surface area contributed by atoms with Crippen molar-refractivity contribution in [3.63, 3.8) is 0 Å². The first-order valence-electron chi connectivity index (χ1n) is 6.83. The van der Waals surface area contributed by atoms with Gasteiger partial charge in [0.2, 0.25) is 5.95 Å². The highest BCUT2D eigenvalue weighted by atomic mass is 16.5. The van der Waals surface area contributed by atoms with Crippen molar-refractivity contribution >= 4 is 28.7 Å². The molecule has 7 heteroatoms. The average Bonchev–Trinajstić information content (AvgIpc) is 2.98. The molecule has 0 aliphatic carbocycles. The number of carbonyl (C=O) groups is 1. The number of aromatic amines is 1. The topological polar surface area (TPSA) is 99.6 Å². The zero-order valence-electron chi connectivity index (χ0n) is 12.3. The third-order valence-electron chi connectivity index (χ3n) is 3.23. The molecule has 0 fully saturated rings. The summed E-state index contributed by atoms with van der Waals surface area (Å²) in [7, 11) is 1.55. The molecule has 3 aromatic rings. The van der Waals surface area contributed by atoms with Crippen LogP contribution in [0.25, 0.3) is 11.0 Å². The lowest BCUT2D eigenvalue weighted by atomic mass is 10.1. The van der Waals surface area contributed by atoms with Crippen LogP contribution in [0, 0.1) is 0 Å². The number of H-pyrrole nitrogens is 1. The molecule has 0 unspecified atom stereocenters. The molecule has 0 bridgehead atoms. The predicted octanol–water partition coefficient (Wildman–Crippen LogP) is 2.47. The van der Waals surface area contributed by atoms with E-state index in [1.54, 1.807) is 31.4 Å². The van der Waals surface area contributed by atoms with E-state index < -0.39 is 5.97 Å². The number of para-hydroxylation sites is 2. The summed E-state index contributed by atoms with van der Waals surface area (Å²) in [4.78, 5) is 18.7. The fourth-order valence-electron chi connectivity index (χ4n) is 2.10. The summed E-state index contributed by atoms with van der Waals surface area (Å²) in [5.41, 5.74) is 4.60. The van der Waals surface area contributed by atoms with Crippen molar-refractivity contribution in [1.82, 2.24) is 9.97 Å². The number of hydrogen-bond acceptors (Lipinski definition) is 5. The lowest BCUT2D eigenvalue weighted by molar-refractivity contribution is -0.129. The molecule has 3 rings (SSSR count). The maximum absolute atomic E-state index is 11.4. The summed E-state index contributed by atoms with van der Waals surface area (Å²) in [6, 6.07) is 14.1. The molecular formula is C16H14N4O3. The van der Waals surface area contributed by atoms with Crippen molar-refractivity contribution in [2.45, 2.75) is 0 Å². The molecule has 1 aromatic heterocycles. The Hall–Kier alpha value is -3.35. The molecule has 0 saturated carbocycles. The summed E-state index contributed by atoms with van der Waals surface area (Å²) < 4.78 is 5.05. The molecular weight excluding hydrogens is 296 g/mol. The zero-order chi connectivity index (χ0) is 16.2. The van der Waals surface area contributed by atoms with Crippen LogP contribution in [-0.4, -0.2) is 33.9 Å². The molecule has 0 spiro atoms. The van der Waals surface area contributed by atoms with Crippen LogP contribution < -0.4 is 10.2 Å². The first-order valence-corrected chi connectivity index (χ1v) is 6.83. The Bertz CT molecular complexity index is 835. The van der Waals surface area contributed by atoms with E-state index in [1.165, 1.54) is 0 Å². The predicted molar refractivity (Wildman–Crippen MR) is 86.9 cm³/mol. The lowest BCUT2D eigenvalue weighted by Crippen LogP contribution is -2.16. The van der Waals surface area contributed by atoms with Gasteiger partial charge < -0.3 is 14.8 Å². The van der Waals surface area contributed by atoms with Crippen LogP contribution in [0.1, 0.15) is 5.56 Å². The van der Waals surface area contributed by atoms with Gasteiger partial charge in [0, 0.05) is 5.56 Å². The Labute approximate surface area is 131 Å². The van der Waals surface area contributed by atoms with E-state index in [0.717, 1.165) is 11.0 Å². The molecule has 3 N–H and O–H groups in total. The van der Waals surface area contributed by atoms with Gasteiger partial charge in [0.05, 0.1) is 18.1 Å². The summed E-state index contributed by atoms with van der Waals surface area (Å²) in [6.07, 6.45) is 0. The quantitative estimate of drug-likeness (QED) is 0.496. The van der Waals surface area contributed by atoms with Crippen molar-refractivity contribution in [2.24, 2.45) is 5.10 Å². The van der Waals surface area contributed by atoms with Gasteiger partial charge in [-0.1, -0.05) is 12.1 Å². The number of rotatable bonds is 5. The fraction of sp³-hybridized carbons (Fsp3) is 0.0625. The van der Waals surface area contributed by atoms with E-state index >= 15 is 0 Å². The van der Waals surface area contributed by atoms with Crippen LogP contribution in [0.2, 0.25) is 0 Å². The molecule has 0 atom stereocenters. The number of hydrazone groups is 1. The van der Waals surface area contributed by atoms with Crippen LogP contribution >= 0.6 is 0 Å². The summed E-state index contributed by atoms with van der Waals surface area (Å²) in [5, 5.41) is 13.3. The van der Waals surface area contributed by atoms with Gasteiger partial charge in [-0.15, -0.1) is 0 Å². The highest BCUT2D eigenvalue weighted by Crippen LogP contribution is 2.15. The van der Waals surface area contributed by atoms with Crippen LogP contribution in [0.4, 0.5) is 5.95 Å². The van der Waals surface area contributed by atoms with Gasteiger partial charge in [-0.3, -0.25) is 0 Å². The van der Waals surface area contributed by atoms with Crippen LogP contribution in [0.5, 0.6) is 5.75 Å². The van der Waals surface area contributed by atoms with Crippen molar-refractivity contribution < 1.29 is 14.6 Å². The molecule has 0 aliphatic heterocycles. The number of benzene rings is 2. The molecule has 0 aliphatic rings. The number of carboxylic acids is 1. The Morgan fingerprint density at radius 1 is 1.22 bits per heavy atom. The Morgan fingerprint density at radius 2 is 1.96 bits per heavy atom. The van der Waals surface area contributed by atoms with Gasteiger partial charge in [0.25, 0.3) is 0 Å². The standard InChI is InChI=1S/C16H14N4O3/c1-23-11-8-6-10(7-9-11)14(15(21)22)19-20-16-17-12-4-2-3-5-13(12)18-16/h2-9H,1H3,(H,21,22)(H2,17,18,20)/b19-14+. The Balaban J connectivity index is 1.87. The summed E-state index contributed by atoms with van der Waals surface area (Å²) >= 11 is 0. The van der Waals surface area contributed by atoms with E-state index in [-0.39, 0.29) is 5.71 Å². The van der Waals surface area contributed by atoms with Crippen LogP contribution in [0.3, 0.4) is 0 Å². The monoisotopic (exact) mass is 310 g/mol.